The van der Waals surface area contributed by atoms with Gasteiger partial charge in [-0.05, 0) is 6.07 Å². The molecule has 122 valence electrons. The summed E-state index contributed by atoms with van der Waals surface area (Å²) in [6.07, 6.45) is 0. The number of benzene rings is 1. The summed E-state index contributed by atoms with van der Waals surface area (Å²) >= 11 is 6.08. The molecule has 1 amide bonds. The molecule has 0 unspecified atom stereocenters. The molecule has 0 aliphatic carbocycles. The molecule has 1 aromatic rings. The zero-order valence-electron chi connectivity index (χ0n) is 12.3. The maximum atomic E-state index is 12.2. The van der Waals surface area contributed by atoms with Crippen LogP contribution in [0.2, 0.25) is 5.02 Å². The van der Waals surface area contributed by atoms with E-state index in [9.17, 15) is 13.2 Å². The van der Waals surface area contributed by atoms with E-state index in [2.05, 4.69) is 4.72 Å². The topological polar surface area (TPSA) is 84.9 Å². The highest BCUT2D eigenvalue weighted by Gasteiger charge is 2.26. The fourth-order valence-electron chi connectivity index (χ4n) is 2.11. The molecule has 9 heteroatoms. The van der Waals surface area contributed by atoms with Gasteiger partial charge in [-0.1, -0.05) is 11.6 Å². The smallest absolute Gasteiger partial charge is 0.242 e. The van der Waals surface area contributed by atoms with Gasteiger partial charge in [-0.3, -0.25) is 4.79 Å². The SMILES string of the molecule is COCCNS(=O)(=O)c1cc2c(cc1Cl)N(C(C)=O)CCO2. The van der Waals surface area contributed by atoms with E-state index in [1.165, 1.54) is 31.1 Å². The quantitative estimate of drug-likeness (QED) is 0.803. The van der Waals surface area contributed by atoms with Crippen molar-refractivity contribution in [3.63, 3.8) is 0 Å². The summed E-state index contributed by atoms with van der Waals surface area (Å²) in [7, 11) is -2.30. The standard InChI is InChI=1S/C13H17ClN2O5S/c1-9(17)16-4-6-21-12-8-13(10(14)7-11(12)16)22(18,19)15-3-5-20-2/h7-8,15H,3-6H2,1-2H3. The minimum Gasteiger partial charge on any atom is -0.489 e. The molecule has 1 aliphatic heterocycles. The van der Waals surface area contributed by atoms with Gasteiger partial charge in [0.05, 0.1) is 23.9 Å². The van der Waals surface area contributed by atoms with Gasteiger partial charge < -0.3 is 14.4 Å². The Bertz CT molecular complexity index is 677. The van der Waals surface area contributed by atoms with E-state index >= 15 is 0 Å². The number of nitrogens with one attached hydrogen (secondary N) is 1. The van der Waals surface area contributed by atoms with E-state index in [0.717, 1.165) is 0 Å². The number of nitrogens with zero attached hydrogens (tertiary/aromatic N) is 1. The molecule has 0 atom stereocenters. The molecule has 7 nitrogen and oxygen atoms in total. The molecule has 1 N–H and O–H groups in total. The molecular weight excluding hydrogens is 332 g/mol. The lowest BCUT2D eigenvalue weighted by Gasteiger charge is -2.29. The Morgan fingerprint density at radius 2 is 2.23 bits per heavy atom. The molecule has 0 radical (unpaired) electrons. The van der Waals surface area contributed by atoms with Crippen LogP contribution in [0, 0.1) is 0 Å². The highest BCUT2D eigenvalue weighted by atomic mass is 35.5. The van der Waals surface area contributed by atoms with Crippen molar-refractivity contribution in [2.75, 3.05) is 38.3 Å². The summed E-state index contributed by atoms with van der Waals surface area (Å²) in [6.45, 7) is 2.50. The fourth-order valence-corrected chi connectivity index (χ4v) is 3.65. The molecule has 22 heavy (non-hydrogen) atoms. The third-order valence-electron chi connectivity index (χ3n) is 3.14. The number of halogens is 1. The number of carbonyl (C=O) groups is 1. The van der Waals surface area contributed by atoms with E-state index in [4.69, 9.17) is 21.1 Å². The summed E-state index contributed by atoms with van der Waals surface area (Å²) in [5.41, 5.74) is 0.472. The van der Waals surface area contributed by atoms with E-state index in [1.807, 2.05) is 0 Å². The van der Waals surface area contributed by atoms with Crippen molar-refractivity contribution in [1.29, 1.82) is 0 Å². The van der Waals surface area contributed by atoms with Crippen LogP contribution < -0.4 is 14.4 Å². The highest BCUT2D eigenvalue weighted by Crippen LogP contribution is 2.38. The molecule has 0 spiro atoms. The summed E-state index contributed by atoms with van der Waals surface area (Å²) in [5, 5.41) is 0.0282. The number of sulfonamides is 1. The molecule has 1 aliphatic rings. The number of carbonyl (C=O) groups excluding carboxylic acids is 1. The van der Waals surface area contributed by atoms with Crippen molar-refractivity contribution >= 4 is 33.2 Å². The second-order valence-corrected chi connectivity index (χ2v) is 6.80. The van der Waals surface area contributed by atoms with Crippen LogP contribution in [0.3, 0.4) is 0 Å². The second kappa shape index (κ2) is 6.82. The number of anilines is 1. The number of ether oxygens (including phenoxy) is 2. The van der Waals surface area contributed by atoms with Gasteiger partial charge in [0.2, 0.25) is 15.9 Å². The largest absolute Gasteiger partial charge is 0.489 e. The van der Waals surface area contributed by atoms with E-state index < -0.39 is 10.0 Å². The number of rotatable bonds is 5. The van der Waals surface area contributed by atoms with Crippen LogP contribution in [0.15, 0.2) is 17.0 Å². The fraction of sp³-hybridized carbons (Fsp3) is 0.462. The first kappa shape index (κ1) is 17.0. The number of amides is 1. The van der Waals surface area contributed by atoms with Gasteiger partial charge in [-0.25, -0.2) is 13.1 Å². The summed E-state index contributed by atoms with van der Waals surface area (Å²) < 4.78 is 37.1. The lowest BCUT2D eigenvalue weighted by atomic mass is 10.2. The van der Waals surface area contributed by atoms with Crippen molar-refractivity contribution in [2.45, 2.75) is 11.8 Å². The zero-order valence-corrected chi connectivity index (χ0v) is 13.8. The molecule has 2 rings (SSSR count). The van der Waals surface area contributed by atoms with Gasteiger partial charge in [0, 0.05) is 26.6 Å². The average molecular weight is 349 g/mol. The lowest BCUT2D eigenvalue weighted by molar-refractivity contribution is -0.116. The van der Waals surface area contributed by atoms with Crippen molar-refractivity contribution in [3.05, 3.63) is 17.2 Å². The van der Waals surface area contributed by atoms with Crippen LogP contribution in [0.25, 0.3) is 0 Å². The van der Waals surface area contributed by atoms with Crippen molar-refractivity contribution in [2.24, 2.45) is 0 Å². The van der Waals surface area contributed by atoms with Crippen LogP contribution in [-0.2, 0) is 19.6 Å². The van der Waals surface area contributed by atoms with Crippen molar-refractivity contribution < 1.29 is 22.7 Å². The van der Waals surface area contributed by atoms with Crippen LogP contribution in [0.4, 0.5) is 5.69 Å². The monoisotopic (exact) mass is 348 g/mol. The molecule has 0 saturated heterocycles. The van der Waals surface area contributed by atoms with Crippen LogP contribution in [-0.4, -0.2) is 47.7 Å². The van der Waals surface area contributed by atoms with Crippen LogP contribution in [0.5, 0.6) is 5.75 Å². The third-order valence-corrected chi connectivity index (χ3v) is 5.07. The Hall–Kier alpha value is -1.35. The predicted octanol–water partition coefficient (Wildman–Crippen LogP) is 1.01. The Morgan fingerprint density at radius 3 is 2.86 bits per heavy atom. The van der Waals surface area contributed by atoms with E-state index in [-0.39, 0.29) is 29.0 Å². The normalized spacial score (nSPS) is 14.4. The molecule has 0 saturated carbocycles. The average Bonchev–Trinajstić information content (AvgIpc) is 2.45. The van der Waals surface area contributed by atoms with Gasteiger partial charge in [0.1, 0.15) is 17.3 Å². The number of hydrogen-bond donors (Lipinski definition) is 1. The second-order valence-electron chi connectivity index (χ2n) is 4.66. The van der Waals surface area contributed by atoms with Gasteiger partial charge in [0.25, 0.3) is 0 Å². The Morgan fingerprint density at radius 1 is 1.50 bits per heavy atom. The number of hydrogen-bond acceptors (Lipinski definition) is 5. The Balaban J connectivity index is 2.38. The molecule has 1 aromatic carbocycles. The van der Waals surface area contributed by atoms with E-state index in [0.29, 0.717) is 24.6 Å². The van der Waals surface area contributed by atoms with Gasteiger partial charge in [-0.15, -0.1) is 0 Å². The first-order chi connectivity index (χ1) is 10.4. The minimum absolute atomic E-state index is 0.0282. The van der Waals surface area contributed by atoms with Crippen molar-refractivity contribution in [1.82, 2.24) is 4.72 Å². The summed E-state index contributed by atoms with van der Waals surface area (Å²) in [5.74, 6) is 0.160. The highest BCUT2D eigenvalue weighted by molar-refractivity contribution is 7.89. The zero-order chi connectivity index (χ0) is 16.3. The van der Waals surface area contributed by atoms with Crippen LogP contribution >= 0.6 is 11.6 Å². The van der Waals surface area contributed by atoms with E-state index in [1.54, 1.807) is 0 Å². The lowest BCUT2D eigenvalue weighted by Crippen LogP contribution is -2.36. The first-order valence-electron chi connectivity index (χ1n) is 6.60. The number of fused-ring (bicyclic) bond motifs is 1. The molecule has 0 aromatic heterocycles. The van der Waals surface area contributed by atoms with Gasteiger partial charge >= 0.3 is 0 Å². The van der Waals surface area contributed by atoms with Crippen LogP contribution in [0.1, 0.15) is 6.92 Å². The Kier molecular flexibility index (Phi) is 5.28. The summed E-state index contributed by atoms with van der Waals surface area (Å²) in [6, 6.07) is 2.77. The van der Waals surface area contributed by atoms with Gasteiger partial charge in [0.15, 0.2) is 0 Å². The molecule has 0 bridgehead atoms. The maximum Gasteiger partial charge on any atom is 0.242 e. The molecule has 1 heterocycles. The van der Waals surface area contributed by atoms with Gasteiger partial charge in [-0.2, -0.15) is 0 Å². The van der Waals surface area contributed by atoms with Crippen molar-refractivity contribution in [3.8, 4) is 5.75 Å². The number of methoxy groups -OCH3 is 1. The minimum atomic E-state index is -3.78. The Labute approximate surface area is 134 Å². The first-order valence-corrected chi connectivity index (χ1v) is 8.46. The third kappa shape index (κ3) is 3.52. The predicted molar refractivity (Wildman–Crippen MR) is 82.0 cm³/mol. The molecular formula is C13H17ClN2O5S. The summed E-state index contributed by atoms with van der Waals surface area (Å²) in [4.78, 5) is 13.0. The maximum absolute atomic E-state index is 12.2. The molecule has 0 fully saturated rings.